The number of fused-ring (bicyclic) bond motifs is 2. The predicted molar refractivity (Wildman–Crippen MR) is 108 cm³/mol. The van der Waals surface area contributed by atoms with Crippen LogP contribution in [0.5, 0.6) is 0 Å². The normalized spacial score (nSPS) is 12.3. The van der Waals surface area contributed by atoms with Gasteiger partial charge in [0.1, 0.15) is 5.01 Å². The molecule has 0 bridgehead atoms. The molecule has 0 fully saturated rings. The topological polar surface area (TPSA) is 35.1 Å². The number of aromatic nitrogens is 4. The van der Waals surface area contributed by atoms with Gasteiger partial charge in [-0.3, -0.25) is 0 Å². The van der Waals surface area contributed by atoms with Crippen LogP contribution in [0, 0.1) is 0 Å². The van der Waals surface area contributed by atoms with Gasteiger partial charge in [-0.2, -0.15) is 18.3 Å². The molecular weight excluding hydrogens is 421 g/mol. The van der Waals surface area contributed by atoms with E-state index >= 15 is 0 Å². The molecule has 0 atom stereocenters. The molecule has 0 saturated heterocycles. The molecule has 2 aromatic carbocycles. The zero-order valence-corrected chi connectivity index (χ0v) is 16.5. The number of hydrogen-bond acceptors (Lipinski definition) is 3. The van der Waals surface area contributed by atoms with E-state index in [-0.39, 0.29) is 0 Å². The summed E-state index contributed by atoms with van der Waals surface area (Å²) >= 11 is 7.57. The maximum absolute atomic E-state index is 12.7. The van der Waals surface area contributed by atoms with Crippen LogP contribution in [0.15, 0.2) is 54.9 Å². The maximum Gasteiger partial charge on any atom is 0.416 e. The van der Waals surface area contributed by atoms with E-state index in [9.17, 15) is 13.2 Å². The van der Waals surface area contributed by atoms with Gasteiger partial charge in [-0.15, -0.1) is 0 Å². The van der Waals surface area contributed by atoms with E-state index in [1.165, 1.54) is 23.5 Å². The van der Waals surface area contributed by atoms with E-state index in [0.717, 1.165) is 33.6 Å². The van der Waals surface area contributed by atoms with Crippen LogP contribution in [0.25, 0.3) is 37.7 Å². The summed E-state index contributed by atoms with van der Waals surface area (Å²) < 4.78 is 41.9. The van der Waals surface area contributed by atoms with Crippen LogP contribution in [0.3, 0.4) is 0 Å². The highest BCUT2D eigenvalue weighted by Gasteiger charge is 2.30. The van der Waals surface area contributed by atoms with Gasteiger partial charge in [0.2, 0.25) is 4.96 Å². The third kappa shape index (κ3) is 3.08. The Labute approximate surface area is 171 Å². The minimum absolute atomic E-state index is 0.574. The van der Waals surface area contributed by atoms with E-state index in [1.54, 1.807) is 10.7 Å². The molecule has 0 unspecified atom stereocenters. The first-order chi connectivity index (χ1) is 13.8. The van der Waals surface area contributed by atoms with Crippen LogP contribution in [0.1, 0.15) is 5.56 Å². The Bertz CT molecular complexity index is 1330. The van der Waals surface area contributed by atoms with Crippen molar-refractivity contribution in [2.75, 3.05) is 0 Å². The Hall–Kier alpha value is -2.84. The van der Waals surface area contributed by atoms with Crippen LogP contribution >= 0.6 is 22.9 Å². The van der Waals surface area contributed by atoms with Gasteiger partial charge in [0.25, 0.3) is 0 Å². The molecule has 3 aromatic heterocycles. The number of hydrogen-bond donors (Lipinski definition) is 0. The highest BCUT2D eigenvalue weighted by molar-refractivity contribution is 7.20. The molecule has 0 spiro atoms. The fraction of sp³-hybridized carbons (Fsp3) is 0.100. The molecule has 29 heavy (non-hydrogen) atoms. The zero-order valence-electron chi connectivity index (χ0n) is 14.9. The summed E-state index contributed by atoms with van der Waals surface area (Å²) in [6.45, 7) is 0. The number of halogens is 4. The predicted octanol–water partition coefficient (Wildman–Crippen LogP) is 6.29. The molecule has 146 valence electrons. The summed E-state index contributed by atoms with van der Waals surface area (Å²) in [6.07, 6.45) is -0.642. The van der Waals surface area contributed by atoms with Gasteiger partial charge in [0, 0.05) is 40.3 Å². The van der Waals surface area contributed by atoms with Gasteiger partial charge in [-0.1, -0.05) is 35.1 Å². The van der Waals surface area contributed by atoms with Crippen molar-refractivity contribution in [1.29, 1.82) is 0 Å². The van der Waals surface area contributed by atoms with Gasteiger partial charge < -0.3 is 4.57 Å². The molecular formula is C20H12ClF3N4S. The van der Waals surface area contributed by atoms with Crippen molar-refractivity contribution in [3.8, 4) is 21.8 Å². The number of alkyl halides is 3. The van der Waals surface area contributed by atoms with Crippen molar-refractivity contribution in [2.45, 2.75) is 6.18 Å². The largest absolute Gasteiger partial charge is 0.416 e. The van der Waals surface area contributed by atoms with Crippen molar-refractivity contribution in [3.05, 3.63) is 65.4 Å². The Morgan fingerprint density at radius 1 is 1.03 bits per heavy atom. The summed E-state index contributed by atoms with van der Waals surface area (Å²) in [5.74, 6) is 0. The lowest BCUT2D eigenvalue weighted by Gasteiger charge is -2.06. The SMILES string of the molecule is Cn1cc(-c2nn3cc(-c4ccc(C(F)(F)F)cc4)nc3s2)c2cc(Cl)ccc21. The molecule has 5 rings (SSSR count). The van der Waals surface area contributed by atoms with Crippen molar-refractivity contribution < 1.29 is 13.2 Å². The first kappa shape index (κ1) is 18.2. The second-order valence-electron chi connectivity index (χ2n) is 6.65. The summed E-state index contributed by atoms with van der Waals surface area (Å²) in [5.41, 5.74) is 2.50. The quantitative estimate of drug-likeness (QED) is 0.328. The third-order valence-electron chi connectivity index (χ3n) is 4.73. The van der Waals surface area contributed by atoms with Crippen molar-refractivity contribution >= 4 is 38.8 Å². The van der Waals surface area contributed by atoms with Gasteiger partial charge in [-0.05, 0) is 30.3 Å². The average Bonchev–Trinajstić information content (AvgIpc) is 3.32. The Kier molecular flexibility index (Phi) is 3.97. The minimum Gasteiger partial charge on any atom is -0.350 e. The summed E-state index contributed by atoms with van der Waals surface area (Å²) in [4.78, 5) is 5.19. The van der Waals surface area contributed by atoms with E-state index in [2.05, 4.69) is 10.1 Å². The molecule has 0 aliphatic rings. The maximum atomic E-state index is 12.7. The van der Waals surface area contributed by atoms with Gasteiger partial charge in [0.05, 0.1) is 17.5 Å². The Balaban J connectivity index is 1.54. The molecule has 0 aliphatic carbocycles. The third-order valence-corrected chi connectivity index (χ3v) is 5.92. The summed E-state index contributed by atoms with van der Waals surface area (Å²) in [5, 5.41) is 7.06. The molecule has 3 heterocycles. The number of rotatable bonds is 2. The molecule has 0 saturated carbocycles. The van der Waals surface area contributed by atoms with E-state index in [4.69, 9.17) is 11.6 Å². The number of imidazole rings is 1. The lowest BCUT2D eigenvalue weighted by Crippen LogP contribution is -2.03. The van der Waals surface area contributed by atoms with E-state index < -0.39 is 11.7 Å². The van der Waals surface area contributed by atoms with Crippen molar-refractivity contribution in [2.24, 2.45) is 7.05 Å². The van der Waals surface area contributed by atoms with Crippen LogP contribution < -0.4 is 0 Å². The standard InChI is InChI=1S/C20H12ClF3N4S/c1-27-9-15(14-8-13(21)6-7-17(14)27)18-26-28-10-16(25-19(28)29-18)11-2-4-12(5-3-11)20(22,23)24/h2-10H,1H3. The second kappa shape index (κ2) is 6.33. The van der Waals surface area contributed by atoms with E-state index in [0.29, 0.717) is 21.2 Å². The molecule has 0 amide bonds. The van der Waals surface area contributed by atoms with Crippen LogP contribution in [-0.2, 0) is 13.2 Å². The molecule has 5 aromatic rings. The van der Waals surface area contributed by atoms with Gasteiger partial charge in [0.15, 0.2) is 0 Å². The minimum atomic E-state index is -4.36. The lowest BCUT2D eigenvalue weighted by molar-refractivity contribution is -0.137. The number of nitrogens with zero attached hydrogens (tertiary/aromatic N) is 4. The molecule has 0 radical (unpaired) electrons. The molecule has 9 heteroatoms. The van der Waals surface area contributed by atoms with Crippen molar-refractivity contribution in [1.82, 2.24) is 19.2 Å². The van der Waals surface area contributed by atoms with Crippen molar-refractivity contribution in [3.63, 3.8) is 0 Å². The first-order valence-electron chi connectivity index (χ1n) is 8.58. The van der Waals surface area contributed by atoms with Crippen LogP contribution in [0.2, 0.25) is 5.02 Å². The van der Waals surface area contributed by atoms with E-state index in [1.807, 2.05) is 36.0 Å². The monoisotopic (exact) mass is 432 g/mol. The van der Waals surface area contributed by atoms with Gasteiger partial charge in [-0.25, -0.2) is 9.50 Å². The second-order valence-corrected chi connectivity index (χ2v) is 8.04. The Morgan fingerprint density at radius 3 is 2.48 bits per heavy atom. The zero-order chi connectivity index (χ0) is 20.3. The fourth-order valence-electron chi connectivity index (χ4n) is 3.31. The molecule has 0 aliphatic heterocycles. The number of benzene rings is 2. The molecule has 4 nitrogen and oxygen atoms in total. The smallest absolute Gasteiger partial charge is 0.350 e. The molecule has 0 N–H and O–H groups in total. The fourth-order valence-corrected chi connectivity index (χ4v) is 4.39. The summed E-state index contributed by atoms with van der Waals surface area (Å²) in [7, 11) is 1.96. The van der Waals surface area contributed by atoms with Crippen LogP contribution in [-0.4, -0.2) is 19.2 Å². The average molecular weight is 433 g/mol. The number of aryl methyl sites for hydroxylation is 1. The lowest BCUT2D eigenvalue weighted by atomic mass is 10.1. The summed E-state index contributed by atoms with van der Waals surface area (Å²) in [6, 6.07) is 10.7. The first-order valence-corrected chi connectivity index (χ1v) is 9.78. The highest BCUT2D eigenvalue weighted by Crippen LogP contribution is 2.35. The highest BCUT2D eigenvalue weighted by atomic mass is 35.5. The Morgan fingerprint density at radius 2 is 1.79 bits per heavy atom. The van der Waals surface area contributed by atoms with Crippen LogP contribution in [0.4, 0.5) is 13.2 Å². The van der Waals surface area contributed by atoms with Gasteiger partial charge >= 0.3 is 6.18 Å².